The van der Waals surface area contributed by atoms with E-state index in [0.717, 1.165) is 28.5 Å². The van der Waals surface area contributed by atoms with E-state index in [4.69, 9.17) is 9.47 Å². The smallest absolute Gasteiger partial charge is 0.310 e. The Morgan fingerprint density at radius 3 is 2.54 bits per heavy atom. The lowest BCUT2D eigenvalue weighted by atomic mass is 9.89. The molecule has 2 heterocycles. The van der Waals surface area contributed by atoms with Gasteiger partial charge in [-0.1, -0.05) is 32.0 Å². The molecule has 0 radical (unpaired) electrons. The first kappa shape index (κ1) is 26.3. The molecule has 0 aliphatic rings. The first-order valence-electron chi connectivity index (χ1n) is 11.4. The molecule has 2 aromatic heterocycles. The van der Waals surface area contributed by atoms with Crippen LogP contribution in [0.4, 0.5) is 0 Å². The lowest BCUT2D eigenvalue weighted by Crippen LogP contribution is -2.25. The molecule has 10 heteroatoms. The number of carbonyl (C=O) groups is 1. The second-order valence-corrected chi connectivity index (χ2v) is 11.6. The van der Waals surface area contributed by atoms with E-state index in [9.17, 15) is 13.2 Å². The number of hydrogen-bond acceptors (Lipinski definition) is 8. The molecule has 0 bridgehead atoms. The average Bonchev–Trinajstić information content (AvgIpc) is 3.22. The molecule has 0 atom stereocenters. The van der Waals surface area contributed by atoms with Crippen molar-refractivity contribution in [2.24, 2.45) is 0 Å². The fourth-order valence-corrected chi connectivity index (χ4v) is 4.17. The minimum absolute atomic E-state index is 0.0156. The van der Waals surface area contributed by atoms with Crippen molar-refractivity contribution in [2.75, 3.05) is 12.9 Å². The molecular formula is C25H32N4O5S. The largest absolute Gasteiger partial charge is 0.475 e. The molecule has 0 saturated heterocycles. The summed E-state index contributed by atoms with van der Waals surface area (Å²) >= 11 is 0. The lowest BCUT2D eigenvalue weighted by molar-refractivity contribution is -0.153. The highest BCUT2D eigenvalue weighted by molar-refractivity contribution is 7.90. The van der Waals surface area contributed by atoms with Gasteiger partial charge in [-0.25, -0.2) is 8.42 Å². The number of ether oxygens (including phenoxy) is 2. The van der Waals surface area contributed by atoms with Crippen LogP contribution in [0.3, 0.4) is 0 Å². The maximum absolute atomic E-state index is 12.7. The normalized spacial score (nSPS) is 12.1. The molecule has 0 aliphatic heterocycles. The summed E-state index contributed by atoms with van der Waals surface area (Å²) in [5.41, 5.74) is 3.02. The van der Waals surface area contributed by atoms with Crippen molar-refractivity contribution in [2.45, 2.75) is 64.1 Å². The van der Waals surface area contributed by atoms with E-state index in [1.54, 1.807) is 18.5 Å². The van der Waals surface area contributed by atoms with Crippen LogP contribution in [0.15, 0.2) is 47.8 Å². The van der Waals surface area contributed by atoms with Gasteiger partial charge in [0.25, 0.3) is 0 Å². The van der Waals surface area contributed by atoms with Crippen molar-refractivity contribution in [1.82, 2.24) is 20.0 Å². The zero-order chi connectivity index (χ0) is 25.8. The van der Waals surface area contributed by atoms with Gasteiger partial charge in [-0.3, -0.25) is 9.48 Å². The minimum atomic E-state index is -3.36. The number of esters is 1. The first-order chi connectivity index (χ1) is 16.3. The molecule has 1 aromatic carbocycles. The number of hydrogen-bond donors (Lipinski definition) is 0. The summed E-state index contributed by atoms with van der Waals surface area (Å²) in [6.07, 6.45) is 4.48. The van der Waals surface area contributed by atoms with Crippen LogP contribution in [0.2, 0.25) is 0 Å². The van der Waals surface area contributed by atoms with Crippen LogP contribution >= 0.6 is 0 Å². The molecule has 0 amide bonds. The average molecular weight is 501 g/mol. The van der Waals surface area contributed by atoms with Gasteiger partial charge in [-0.2, -0.15) is 10.2 Å². The Bertz CT molecular complexity index is 1290. The Hall–Kier alpha value is -3.27. The number of nitrogens with zero attached hydrogens (tertiary/aromatic N) is 4. The summed E-state index contributed by atoms with van der Waals surface area (Å²) in [7, 11) is -3.36. The summed E-state index contributed by atoms with van der Waals surface area (Å²) in [6, 6.07) is 9.15. The van der Waals surface area contributed by atoms with E-state index in [1.807, 2.05) is 39.0 Å². The molecule has 35 heavy (non-hydrogen) atoms. The van der Waals surface area contributed by atoms with Gasteiger partial charge in [-0.05, 0) is 49.4 Å². The Kier molecular flexibility index (Phi) is 7.94. The summed E-state index contributed by atoms with van der Waals surface area (Å²) in [4.78, 5) is 12.7. The van der Waals surface area contributed by atoms with Gasteiger partial charge in [0.15, 0.2) is 14.9 Å². The predicted molar refractivity (Wildman–Crippen MR) is 132 cm³/mol. The highest BCUT2D eigenvalue weighted by Gasteiger charge is 2.21. The third-order valence-corrected chi connectivity index (χ3v) is 6.06. The van der Waals surface area contributed by atoms with E-state index < -0.39 is 15.4 Å². The molecule has 0 saturated carbocycles. The Labute approximate surface area is 206 Å². The van der Waals surface area contributed by atoms with Crippen LogP contribution < -0.4 is 4.74 Å². The SMILES string of the molecule is CC(C)c1cccc(-c2cnnc(OCCn3ccc(S(C)(=O)=O)n3)c2)c1CC(=O)OC(C)(C)C. The number of carbonyl (C=O) groups excluding carboxylic acids is 1. The van der Waals surface area contributed by atoms with Crippen molar-refractivity contribution in [3.8, 4) is 17.0 Å². The van der Waals surface area contributed by atoms with Gasteiger partial charge in [0.1, 0.15) is 12.2 Å². The van der Waals surface area contributed by atoms with Crippen molar-refractivity contribution >= 4 is 15.8 Å². The van der Waals surface area contributed by atoms with Crippen LogP contribution in [-0.2, 0) is 32.3 Å². The quantitative estimate of drug-likeness (QED) is 0.407. The molecule has 0 fully saturated rings. The second kappa shape index (κ2) is 10.6. The van der Waals surface area contributed by atoms with Crippen LogP contribution in [0.25, 0.3) is 11.1 Å². The zero-order valence-electron chi connectivity index (χ0n) is 21.0. The number of sulfone groups is 1. The molecule has 0 N–H and O–H groups in total. The Morgan fingerprint density at radius 2 is 1.91 bits per heavy atom. The zero-order valence-corrected chi connectivity index (χ0v) is 21.8. The highest BCUT2D eigenvalue weighted by Crippen LogP contribution is 2.32. The summed E-state index contributed by atoms with van der Waals surface area (Å²) in [5, 5.41) is 12.2. The van der Waals surface area contributed by atoms with Crippen molar-refractivity contribution in [3.63, 3.8) is 0 Å². The molecule has 0 spiro atoms. The van der Waals surface area contributed by atoms with Crippen LogP contribution in [0.5, 0.6) is 5.88 Å². The van der Waals surface area contributed by atoms with E-state index in [-0.39, 0.29) is 29.9 Å². The first-order valence-corrected chi connectivity index (χ1v) is 13.3. The molecular weight excluding hydrogens is 468 g/mol. The van der Waals surface area contributed by atoms with E-state index in [2.05, 4.69) is 29.1 Å². The second-order valence-electron chi connectivity index (χ2n) is 9.61. The van der Waals surface area contributed by atoms with E-state index >= 15 is 0 Å². The lowest BCUT2D eigenvalue weighted by Gasteiger charge is -2.22. The van der Waals surface area contributed by atoms with Crippen LogP contribution in [-0.4, -0.2) is 52.8 Å². The molecule has 188 valence electrons. The maximum atomic E-state index is 12.7. The molecule has 0 aliphatic carbocycles. The maximum Gasteiger partial charge on any atom is 0.310 e. The van der Waals surface area contributed by atoms with Gasteiger partial charge in [0.2, 0.25) is 5.88 Å². The third-order valence-electron chi connectivity index (χ3n) is 5.08. The van der Waals surface area contributed by atoms with Gasteiger partial charge in [0.05, 0.1) is 19.2 Å². The fourth-order valence-electron chi connectivity index (χ4n) is 3.61. The molecule has 9 nitrogen and oxygen atoms in total. The summed E-state index contributed by atoms with van der Waals surface area (Å²) in [6.45, 7) is 10.3. The van der Waals surface area contributed by atoms with Gasteiger partial charge in [-0.15, -0.1) is 5.10 Å². The number of aromatic nitrogens is 4. The fraction of sp³-hybridized carbons (Fsp3) is 0.440. The topological polar surface area (TPSA) is 113 Å². The van der Waals surface area contributed by atoms with E-state index in [1.165, 1.54) is 10.7 Å². The van der Waals surface area contributed by atoms with Crippen molar-refractivity contribution < 1.29 is 22.7 Å². The molecule has 3 aromatic rings. The minimum Gasteiger partial charge on any atom is -0.475 e. The van der Waals surface area contributed by atoms with E-state index in [0.29, 0.717) is 12.4 Å². The summed E-state index contributed by atoms with van der Waals surface area (Å²) in [5.74, 6) is 0.234. The van der Waals surface area contributed by atoms with Crippen molar-refractivity contribution in [3.05, 3.63) is 53.9 Å². The monoisotopic (exact) mass is 500 g/mol. The highest BCUT2D eigenvalue weighted by atomic mass is 32.2. The van der Waals surface area contributed by atoms with Crippen molar-refractivity contribution in [1.29, 1.82) is 0 Å². The van der Waals surface area contributed by atoms with Gasteiger partial charge >= 0.3 is 5.97 Å². The van der Waals surface area contributed by atoms with Gasteiger partial charge < -0.3 is 9.47 Å². The molecule has 3 rings (SSSR count). The standard InChI is InChI=1S/C25H32N4O5S/c1-17(2)19-8-7-9-20(21(19)15-24(30)34-25(3,4)5)18-14-22(27-26-16-18)33-13-12-29-11-10-23(28-29)35(6,31)32/h7-11,14,16-17H,12-13,15H2,1-6H3. The van der Waals surface area contributed by atoms with Crippen LogP contribution in [0.1, 0.15) is 51.7 Å². The summed E-state index contributed by atoms with van der Waals surface area (Å²) < 4.78 is 36.0. The third kappa shape index (κ3) is 7.35. The number of benzene rings is 1. The Balaban J connectivity index is 1.80. The predicted octanol–water partition coefficient (Wildman–Crippen LogP) is 3.83. The Morgan fingerprint density at radius 1 is 1.17 bits per heavy atom. The van der Waals surface area contributed by atoms with Gasteiger partial charge in [0, 0.05) is 24.1 Å². The molecule has 0 unspecified atom stereocenters. The number of rotatable bonds is 9. The van der Waals surface area contributed by atoms with Crippen LogP contribution in [0, 0.1) is 0 Å².